The zero-order valence-corrected chi connectivity index (χ0v) is 19.1. The van der Waals surface area contributed by atoms with E-state index in [9.17, 15) is 18.4 Å². The predicted octanol–water partition coefficient (Wildman–Crippen LogP) is 4.58. The van der Waals surface area contributed by atoms with Gasteiger partial charge >= 0.3 is 16.7 Å². The van der Waals surface area contributed by atoms with Crippen molar-refractivity contribution in [1.82, 2.24) is 5.06 Å². The minimum Gasteiger partial charge on any atom is -0.367 e. The highest BCUT2D eigenvalue weighted by molar-refractivity contribution is 14.1. The Balaban J connectivity index is 2.16. The number of piperidine rings is 1. The van der Waals surface area contributed by atoms with Crippen LogP contribution in [0.4, 0.5) is 14.5 Å². The molecule has 1 aromatic carbocycles. The summed E-state index contributed by atoms with van der Waals surface area (Å²) in [7, 11) is 0. The Labute approximate surface area is 179 Å². The van der Waals surface area contributed by atoms with Crippen LogP contribution in [0.3, 0.4) is 0 Å². The fourth-order valence-corrected chi connectivity index (χ4v) is 3.54. The number of carbonyl (C=O) groups excluding carboxylic acids is 2. The first-order valence-corrected chi connectivity index (χ1v) is 10.4. The van der Waals surface area contributed by atoms with Crippen LogP contribution in [0.5, 0.6) is 0 Å². The van der Waals surface area contributed by atoms with E-state index in [1.165, 1.54) is 9.96 Å². The van der Waals surface area contributed by atoms with Crippen molar-refractivity contribution in [3.05, 3.63) is 27.8 Å². The van der Waals surface area contributed by atoms with Gasteiger partial charge in [-0.15, -0.1) is 5.06 Å². The molecule has 1 aromatic rings. The molecule has 0 aliphatic carbocycles. The number of halogens is 4. The lowest BCUT2D eigenvalue weighted by Gasteiger charge is -2.39. The third kappa shape index (κ3) is 5.83. The highest BCUT2D eigenvalue weighted by atomic mass is 127. The maximum Gasteiger partial charge on any atom is 0.378 e. The quantitative estimate of drug-likeness (QED) is 0.401. The molecule has 1 aliphatic rings. The molecule has 1 fully saturated rings. The van der Waals surface area contributed by atoms with Crippen LogP contribution in [0.1, 0.15) is 33.6 Å². The Hall–Kier alpha value is -0.810. The van der Waals surface area contributed by atoms with Gasteiger partial charge in [-0.05, 0) is 68.3 Å². The molecule has 0 atom stereocenters. The topological polar surface area (TPSA) is 49.9 Å². The first kappa shape index (κ1) is 22.5. The molecule has 2 rings (SSSR count). The number of benzene rings is 1. The molecule has 1 aliphatic heterocycles. The first-order chi connectivity index (χ1) is 12.4. The zero-order valence-electron chi connectivity index (χ0n) is 15.3. The fourth-order valence-electron chi connectivity index (χ4n) is 2.70. The van der Waals surface area contributed by atoms with Crippen molar-refractivity contribution in [2.24, 2.45) is 5.41 Å². The number of hydrogen-bond donors (Lipinski definition) is 0. The van der Waals surface area contributed by atoms with Gasteiger partial charge < -0.3 is 9.74 Å². The molecule has 0 aromatic heterocycles. The first-order valence-electron chi connectivity index (χ1n) is 8.53. The van der Waals surface area contributed by atoms with Crippen LogP contribution in [0.25, 0.3) is 0 Å². The maximum atomic E-state index is 13.8. The third-order valence-electron chi connectivity index (χ3n) is 4.19. The van der Waals surface area contributed by atoms with Crippen LogP contribution < -0.4 is 4.90 Å². The molecule has 1 amide bonds. The van der Waals surface area contributed by atoms with Crippen LogP contribution >= 0.6 is 38.5 Å². The number of alkyl halides is 3. The van der Waals surface area contributed by atoms with Crippen molar-refractivity contribution in [2.75, 3.05) is 18.0 Å². The van der Waals surface area contributed by atoms with Gasteiger partial charge in [-0.1, -0.05) is 12.1 Å². The molecule has 0 radical (unpaired) electrons. The molecule has 0 bridgehead atoms. The van der Waals surface area contributed by atoms with Gasteiger partial charge in [0.25, 0.3) is 0 Å². The number of rotatable bonds is 4. The third-order valence-corrected chi connectivity index (χ3v) is 5.44. The van der Waals surface area contributed by atoms with E-state index in [0.29, 0.717) is 35.2 Å². The van der Waals surface area contributed by atoms with E-state index in [0.717, 1.165) is 0 Å². The second-order valence-electron chi connectivity index (χ2n) is 7.41. The maximum absolute atomic E-state index is 13.8. The van der Waals surface area contributed by atoms with Crippen molar-refractivity contribution in [3.63, 3.8) is 0 Å². The molecule has 1 saturated heterocycles. The Morgan fingerprint density at radius 3 is 2.26 bits per heavy atom. The second kappa shape index (κ2) is 8.69. The van der Waals surface area contributed by atoms with Gasteiger partial charge in [0.1, 0.15) is 0 Å². The molecule has 0 spiro atoms. The van der Waals surface area contributed by atoms with Crippen LogP contribution in [0, 0.1) is 8.99 Å². The highest BCUT2D eigenvalue weighted by Gasteiger charge is 2.43. The normalized spacial score (nSPS) is 16.9. The van der Waals surface area contributed by atoms with Gasteiger partial charge in [-0.2, -0.15) is 8.78 Å². The number of para-hydroxylation sites is 1. The van der Waals surface area contributed by atoms with Gasteiger partial charge in [-0.25, -0.2) is 4.79 Å². The van der Waals surface area contributed by atoms with Crippen molar-refractivity contribution in [3.8, 4) is 0 Å². The molecule has 5 nitrogen and oxygen atoms in total. The molecule has 9 heteroatoms. The number of hydrogen-bond acceptors (Lipinski definition) is 4. The zero-order chi connectivity index (χ0) is 20.4. The Morgan fingerprint density at radius 1 is 1.22 bits per heavy atom. The standard InChI is InChI=1S/C18H22BrF2IN2O3/c1-17(2,3)16(26)27-23-10-8-12(9-11-23)24(15(25)18(19,20)21)14-7-5-4-6-13(14)22/h4-7,12H,8-11H2,1-3H3. The van der Waals surface area contributed by atoms with Gasteiger partial charge in [0.15, 0.2) is 0 Å². The van der Waals surface area contributed by atoms with Gasteiger partial charge in [-0.3, -0.25) is 4.79 Å². The molecule has 0 saturated carbocycles. The summed E-state index contributed by atoms with van der Waals surface area (Å²) in [5.74, 6) is -1.64. The molecular weight excluding hydrogens is 537 g/mol. The Morgan fingerprint density at radius 2 is 1.78 bits per heavy atom. The van der Waals surface area contributed by atoms with Crippen LogP contribution in [-0.4, -0.2) is 40.9 Å². The minimum atomic E-state index is -3.65. The molecule has 150 valence electrons. The number of hydroxylamine groups is 2. The van der Waals surface area contributed by atoms with Gasteiger partial charge in [0.05, 0.1) is 11.1 Å². The molecule has 27 heavy (non-hydrogen) atoms. The van der Waals surface area contributed by atoms with Crippen LogP contribution in [0.2, 0.25) is 0 Å². The summed E-state index contributed by atoms with van der Waals surface area (Å²) in [4.78, 5) is 27.3. The average Bonchev–Trinajstić information content (AvgIpc) is 2.56. The number of nitrogens with zero attached hydrogens (tertiary/aromatic N) is 2. The van der Waals surface area contributed by atoms with E-state index >= 15 is 0 Å². The largest absolute Gasteiger partial charge is 0.378 e. The summed E-state index contributed by atoms with van der Waals surface area (Å²) >= 11 is 4.22. The Kier molecular flexibility index (Phi) is 7.23. The van der Waals surface area contributed by atoms with E-state index in [4.69, 9.17) is 4.84 Å². The highest BCUT2D eigenvalue weighted by Crippen LogP contribution is 2.34. The van der Waals surface area contributed by atoms with Crippen molar-refractivity contribution in [1.29, 1.82) is 0 Å². The summed E-state index contributed by atoms with van der Waals surface area (Å²) < 4.78 is 28.2. The van der Waals surface area contributed by atoms with Gasteiger partial charge in [0.2, 0.25) is 0 Å². The summed E-state index contributed by atoms with van der Waals surface area (Å²) in [6, 6.07) is 6.51. The van der Waals surface area contributed by atoms with E-state index in [-0.39, 0.29) is 5.97 Å². The van der Waals surface area contributed by atoms with E-state index in [1.807, 2.05) is 22.6 Å². The van der Waals surface area contributed by atoms with Crippen molar-refractivity contribution >= 4 is 56.1 Å². The molecule has 1 heterocycles. The number of amides is 1. The monoisotopic (exact) mass is 558 g/mol. The smallest absolute Gasteiger partial charge is 0.367 e. The fraction of sp³-hybridized carbons (Fsp3) is 0.556. The SMILES string of the molecule is CC(C)(C)C(=O)ON1CCC(N(C(=O)C(F)(F)Br)c2ccccc2I)CC1. The van der Waals surface area contributed by atoms with Crippen molar-refractivity contribution in [2.45, 2.75) is 44.5 Å². The summed E-state index contributed by atoms with van der Waals surface area (Å²) in [6.45, 7) is 6.02. The summed E-state index contributed by atoms with van der Waals surface area (Å²) in [6.07, 6.45) is 0.828. The van der Waals surface area contributed by atoms with Crippen LogP contribution in [-0.2, 0) is 14.4 Å². The number of carbonyl (C=O) groups is 2. The lowest BCUT2D eigenvalue weighted by Crippen LogP contribution is -2.52. The number of anilines is 1. The Bertz CT molecular complexity index is 699. The van der Waals surface area contributed by atoms with E-state index in [2.05, 4.69) is 15.9 Å². The van der Waals surface area contributed by atoms with E-state index < -0.39 is 22.2 Å². The molecular formula is C18H22BrF2IN2O3. The minimum absolute atomic E-state index is 0.349. The van der Waals surface area contributed by atoms with Crippen molar-refractivity contribution < 1.29 is 23.2 Å². The summed E-state index contributed by atoms with van der Waals surface area (Å²) in [5, 5.41) is 1.54. The lowest BCUT2D eigenvalue weighted by atomic mass is 9.97. The van der Waals surface area contributed by atoms with E-state index in [1.54, 1.807) is 45.0 Å². The molecule has 0 N–H and O–H groups in total. The predicted molar refractivity (Wildman–Crippen MR) is 111 cm³/mol. The summed E-state index contributed by atoms with van der Waals surface area (Å²) in [5.41, 5.74) is -0.177. The average molecular weight is 559 g/mol. The molecule has 0 unspecified atom stereocenters. The second-order valence-corrected chi connectivity index (χ2v) is 9.57. The lowest BCUT2D eigenvalue weighted by molar-refractivity contribution is -0.204. The van der Waals surface area contributed by atoms with Crippen LogP contribution in [0.15, 0.2) is 24.3 Å². The van der Waals surface area contributed by atoms with Gasteiger partial charge in [0, 0.05) is 38.6 Å².